The van der Waals surface area contributed by atoms with Gasteiger partial charge in [-0.3, -0.25) is 19.1 Å². The minimum absolute atomic E-state index is 0.123. The molecule has 2 fully saturated rings. The second kappa shape index (κ2) is 10.0. The molecule has 9 heteroatoms. The van der Waals surface area contributed by atoms with Crippen LogP contribution in [0.5, 0.6) is 0 Å². The van der Waals surface area contributed by atoms with Gasteiger partial charge in [0.25, 0.3) is 11.5 Å². The number of aromatic nitrogens is 1. The van der Waals surface area contributed by atoms with Gasteiger partial charge in [-0.15, -0.1) is 0 Å². The summed E-state index contributed by atoms with van der Waals surface area (Å²) >= 11 is 6.55. The summed E-state index contributed by atoms with van der Waals surface area (Å²) in [6.07, 6.45) is 2.56. The number of para-hydroxylation sites is 1. The van der Waals surface area contributed by atoms with Gasteiger partial charge >= 0.3 is 0 Å². The molecule has 0 N–H and O–H groups in total. The van der Waals surface area contributed by atoms with Crippen LogP contribution in [0.4, 0.5) is 11.5 Å². The molecule has 0 radical (unpaired) electrons. The zero-order chi connectivity index (χ0) is 24.4. The second-order valence-electron chi connectivity index (χ2n) is 8.36. The summed E-state index contributed by atoms with van der Waals surface area (Å²) in [6, 6.07) is 12.4. The molecule has 0 saturated carbocycles. The van der Waals surface area contributed by atoms with E-state index in [4.69, 9.17) is 12.2 Å². The Balaban J connectivity index is 1.81. The molecular weight excluding hydrogens is 466 g/mol. The Morgan fingerprint density at radius 1 is 1.12 bits per heavy atom. The Hall–Kier alpha value is -3.09. The highest BCUT2D eigenvalue weighted by atomic mass is 32.2. The number of hydrogen-bond donors (Lipinski definition) is 0. The van der Waals surface area contributed by atoms with Crippen LogP contribution in [0.2, 0.25) is 0 Å². The molecule has 7 nitrogen and oxygen atoms in total. The number of thiocarbonyl (C=S) groups is 1. The number of pyridine rings is 1. The van der Waals surface area contributed by atoms with Crippen molar-refractivity contribution in [2.45, 2.75) is 26.8 Å². The molecule has 0 atom stereocenters. The predicted molar refractivity (Wildman–Crippen MR) is 142 cm³/mol. The third-order valence-electron chi connectivity index (χ3n) is 6.26. The Morgan fingerprint density at radius 2 is 1.76 bits per heavy atom. The van der Waals surface area contributed by atoms with Gasteiger partial charge in [-0.25, -0.2) is 0 Å². The summed E-state index contributed by atoms with van der Waals surface area (Å²) in [7, 11) is 1.66. The summed E-state index contributed by atoms with van der Waals surface area (Å²) in [5, 5.41) is 9.77. The number of nitrogens with zero attached hydrogens (tertiary/aromatic N) is 5. The van der Waals surface area contributed by atoms with Crippen molar-refractivity contribution in [3.05, 3.63) is 62.3 Å². The maximum Gasteiger partial charge on any atom is 0.270 e. The number of hydrogen-bond acceptors (Lipinski definition) is 7. The van der Waals surface area contributed by atoms with E-state index in [1.165, 1.54) is 22.3 Å². The lowest BCUT2D eigenvalue weighted by atomic mass is 10.0. The van der Waals surface area contributed by atoms with E-state index in [0.717, 1.165) is 44.0 Å². The number of carbonyl (C=O) groups excluding carboxylic acids is 1. The van der Waals surface area contributed by atoms with Crippen LogP contribution in [0, 0.1) is 18.3 Å². The number of anilines is 2. The first-order valence-corrected chi connectivity index (χ1v) is 12.5. The van der Waals surface area contributed by atoms with Crippen molar-refractivity contribution in [2.24, 2.45) is 0 Å². The molecule has 176 valence electrons. The minimum Gasteiger partial charge on any atom is -0.368 e. The van der Waals surface area contributed by atoms with Crippen molar-refractivity contribution in [1.82, 2.24) is 9.47 Å². The third kappa shape index (κ3) is 4.36. The lowest BCUT2D eigenvalue weighted by Crippen LogP contribution is -2.48. The molecule has 0 aliphatic carbocycles. The molecule has 2 aliphatic heterocycles. The van der Waals surface area contributed by atoms with E-state index in [0.29, 0.717) is 21.3 Å². The van der Waals surface area contributed by atoms with Crippen LogP contribution in [0.3, 0.4) is 0 Å². The lowest BCUT2D eigenvalue weighted by Gasteiger charge is -2.39. The number of benzene rings is 1. The van der Waals surface area contributed by atoms with Crippen LogP contribution < -0.4 is 15.4 Å². The van der Waals surface area contributed by atoms with E-state index in [-0.39, 0.29) is 17.0 Å². The van der Waals surface area contributed by atoms with Gasteiger partial charge in [0, 0.05) is 51.0 Å². The number of thioether (sulfide) groups is 1. The number of likely N-dealkylation sites (N-methyl/N-ethyl adjacent to an activating group) is 1. The van der Waals surface area contributed by atoms with Crippen LogP contribution in [0.25, 0.3) is 6.08 Å². The van der Waals surface area contributed by atoms with Crippen molar-refractivity contribution in [2.75, 3.05) is 43.0 Å². The maximum absolute atomic E-state index is 13.3. The Morgan fingerprint density at radius 3 is 2.32 bits per heavy atom. The summed E-state index contributed by atoms with van der Waals surface area (Å²) in [5.41, 5.74) is 2.37. The highest BCUT2D eigenvalue weighted by molar-refractivity contribution is 8.26. The first-order chi connectivity index (χ1) is 16.4. The second-order valence-corrected chi connectivity index (χ2v) is 10.0. The summed E-state index contributed by atoms with van der Waals surface area (Å²) in [4.78, 5) is 32.5. The highest BCUT2D eigenvalue weighted by Gasteiger charge is 2.31. The van der Waals surface area contributed by atoms with Crippen LogP contribution >= 0.6 is 24.0 Å². The largest absolute Gasteiger partial charge is 0.368 e. The predicted octanol–water partition coefficient (Wildman–Crippen LogP) is 3.60. The van der Waals surface area contributed by atoms with Crippen molar-refractivity contribution >= 4 is 51.8 Å². The summed E-state index contributed by atoms with van der Waals surface area (Å²) in [5.74, 6) is 0.610. The first kappa shape index (κ1) is 24.0. The Kier molecular flexibility index (Phi) is 7.10. The average Bonchev–Trinajstić information content (AvgIpc) is 3.09. The van der Waals surface area contributed by atoms with Crippen LogP contribution in [0.1, 0.15) is 30.0 Å². The SMILES string of the molecule is CCCn1c(N2CCN(c3ccccc3)CC2)c(/C=C2/SC(=S)N(C)C2=O)c(C)c(C#N)c1=O. The Bertz CT molecular complexity index is 1250. The van der Waals surface area contributed by atoms with Gasteiger partial charge < -0.3 is 9.80 Å². The number of nitriles is 1. The molecule has 4 rings (SSSR count). The van der Waals surface area contributed by atoms with Crippen molar-refractivity contribution < 1.29 is 4.79 Å². The van der Waals surface area contributed by atoms with Gasteiger partial charge in [0.2, 0.25) is 0 Å². The normalized spacial score (nSPS) is 17.6. The Labute approximate surface area is 209 Å². The molecule has 2 saturated heterocycles. The number of carbonyl (C=O) groups is 1. The van der Waals surface area contributed by atoms with Crippen molar-refractivity contribution in [1.29, 1.82) is 5.26 Å². The van der Waals surface area contributed by atoms with E-state index < -0.39 is 0 Å². The average molecular weight is 494 g/mol. The summed E-state index contributed by atoms with van der Waals surface area (Å²) < 4.78 is 2.21. The van der Waals surface area contributed by atoms with E-state index in [1.54, 1.807) is 18.5 Å². The monoisotopic (exact) mass is 493 g/mol. The number of piperazine rings is 1. The quantitative estimate of drug-likeness (QED) is 0.466. The van der Waals surface area contributed by atoms with Gasteiger partial charge in [0.15, 0.2) is 0 Å². The molecule has 34 heavy (non-hydrogen) atoms. The molecule has 1 amide bonds. The van der Waals surface area contributed by atoms with Gasteiger partial charge in [-0.2, -0.15) is 5.26 Å². The maximum atomic E-state index is 13.3. The van der Waals surface area contributed by atoms with E-state index in [1.807, 2.05) is 31.2 Å². The number of rotatable bonds is 5. The zero-order valence-corrected chi connectivity index (χ0v) is 21.2. The van der Waals surface area contributed by atoms with Gasteiger partial charge in [0.05, 0.1) is 4.91 Å². The first-order valence-electron chi connectivity index (χ1n) is 11.3. The molecular formula is C25H27N5O2S2. The molecule has 1 aromatic heterocycles. The minimum atomic E-state index is -0.275. The summed E-state index contributed by atoms with van der Waals surface area (Å²) in [6.45, 7) is 7.35. The molecule has 0 bridgehead atoms. The topological polar surface area (TPSA) is 72.6 Å². The highest BCUT2D eigenvalue weighted by Crippen LogP contribution is 2.35. The van der Waals surface area contributed by atoms with Gasteiger partial charge in [0.1, 0.15) is 21.8 Å². The number of amides is 1. The molecule has 2 aromatic rings. The smallest absolute Gasteiger partial charge is 0.270 e. The zero-order valence-electron chi connectivity index (χ0n) is 19.6. The fraction of sp³-hybridized carbons (Fsp3) is 0.360. The van der Waals surface area contributed by atoms with Crippen molar-refractivity contribution in [3.8, 4) is 6.07 Å². The van der Waals surface area contributed by atoms with Gasteiger partial charge in [-0.1, -0.05) is 49.1 Å². The molecule has 0 unspecified atom stereocenters. The molecule has 2 aliphatic rings. The molecule has 0 spiro atoms. The third-order valence-corrected chi connectivity index (χ3v) is 7.74. The van der Waals surface area contributed by atoms with E-state index in [9.17, 15) is 14.9 Å². The fourth-order valence-corrected chi connectivity index (χ4v) is 5.57. The van der Waals surface area contributed by atoms with Crippen LogP contribution in [-0.2, 0) is 11.3 Å². The molecule has 3 heterocycles. The van der Waals surface area contributed by atoms with Crippen LogP contribution in [0.15, 0.2) is 40.0 Å². The van der Waals surface area contributed by atoms with Gasteiger partial charge in [-0.05, 0) is 37.1 Å². The van der Waals surface area contributed by atoms with Crippen molar-refractivity contribution in [3.63, 3.8) is 0 Å². The van der Waals surface area contributed by atoms with E-state index >= 15 is 0 Å². The standard InChI is InChI=1S/C25H27N5O2S2/c1-4-10-30-22(29-13-11-28(12-14-29)18-8-6-5-7-9-18)19(17(2)20(16-26)23(30)31)15-21-24(32)27(3)25(33)34-21/h5-9,15H,4,10-14H2,1-3H3/b21-15+. The fourth-order valence-electron chi connectivity index (χ4n) is 4.41. The lowest BCUT2D eigenvalue weighted by molar-refractivity contribution is -0.121. The molecule has 1 aromatic carbocycles. The van der Waals surface area contributed by atoms with E-state index in [2.05, 4.69) is 28.0 Å². The van der Waals surface area contributed by atoms with Crippen LogP contribution in [-0.4, -0.2) is 52.9 Å².